The van der Waals surface area contributed by atoms with Crippen molar-refractivity contribution >= 4 is 27.4 Å². The molecule has 2 rings (SSSR count). The molecule has 25 heavy (non-hydrogen) atoms. The van der Waals surface area contributed by atoms with Crippen molar-refractivity contribution < 1.29 is 27.1 Å². The summed E-state index contributed by atoms with van der Waals surface area (Å²) in [5.41, 5.74) is -0.220. The van der Waals surface area contributed by atoms with Crippen LogP contribution in [0, 0.1) is 5.82 Å². The fourth-order valence-electron chi connectivity index (χ4n) is 2.03. The molecule has 0 spiro atoms. The maximum atomic E-state index is 13.5. The summed E-state index contributed by atoms with van der Waals surface area (Å²) >= 11 is 0. The molecule has 132 valence electrons. The van der Waals surface area contributed by atoms with Gasteiger partial charge in [0.2, 0.25) is 0 Å². The fourth-order valence-corrected chi connectivity index (χ4v) is 2.91. The molecule has 0 aromatic heterocycles. The Balaban J connectivity index is 2.13. The largest absolute Gasteiger partial charge is 0.449 e. The highest BCUT2D eigenvalue weighted by molar-refractivity contribution is 7.90. The van der Waals surface area contributed by atoms with Gasteiger partial charge in [-0.25, -0.2) is 17.6 Å². The molecular formula is C17H16FNO5S. The molecular weight excluding hydrogens is 349 g/mol. The second-order valence-corrected chi connectivity index (χ2v) is 7.27. The number of benzene rings is 2. The van der Waals surface area contributed by atoms with Gasteiger partial charge in [0, 0.05) is 6.26 Å². The standard InChI is InChI=1S/C17H16FNO5S/c1-11(16(20)19-14-9-5-4-8-13(14)18)24-17(21)12-7-3-6-10-15(12)25(2,22)23/h3-11H,1-2H3,(H,19,20)/t11-/m0/s1. The number of esters is 1. The summed E-state index contributed by atoms with van der Waals surface area (Å²) < 4.78 is 42.0. The van der Waals surface area contributed by atoms with Gasteiger partial charge in [-0.15, -0.1) is 0 Å². The van der Waals surface area contributed by atoms with Gasteiger partial charge >= 0.3 is 5.97 Å². The molecule has 0 saturated heterocycles. The van der Waals surface area contributed by atoms with E-state index in [1.165, 1.54) is 55.5 Å². The third-order valence-electron chi connectivity index (χ3n) is 3.29. The van der Waals surface area contributed by atoms with Gasteiger partial charge in [-0.1, -0.05) is 24.3 Å². The van der Waals surface area contributed by atoms with Gasteiger partial charge in [-0.05, 0) is 31.2 Å². The Morgan fingerprint density at radius 3 is 2.32 bits per heavy atom. The highest BCUT2D eigenvalue weighted by Gasteiger charge is 2.24. The van der Waals surface area contributed by atoms with Gasteiger partial charge < -0.3 is 10.1 Å². The lowest BCUT2D eigenvalue weighted by atomic mass is 10.2. The highest BCUT2D eigenvalue weighted by Crippen LogP contribution is 2.18. The minimum atomic E-state index is -3.64. The summed E-state index contributed by atoms with van der Waals surface area (Å²) in [5, 5.41) is 2.30. The monoisotopic (exact) mass is 365 g/mol. The van der Waals surface area contributed by atoms with Crippen LogP contribution in [0.15, 0.2) is 53.4 Å². The molecule has 1 N–H and O–H groups in total. The predicted molar refractivity (Wildman–Crippen MR) is 89.5 cm³/mol. The van der Waals surface area contributed by atoms with Crippen LogP contribution in [0.25, 0.3) is 0 Å². The van der Waals surface area contributed by atoms with Gasteiger partial charge in [-0.2, -0.15) is 0 Å². The number of rotatable bonds is 5. The van der Waals surface area contributed by atoms with E-state index >= 15 is 0 Å². The fraction of sp³-hybridized carbons (Fsp3) is 0.176. The lowest BCUT2D eigenvalue weighted by Gasteiger charge is -2.15. The number of ether oxygens (including phenoxy) is 1. The SMILES string of the molecule is C[C@H](OC(=O)c1ccccc1S(C)(=O)=O)C(=O)Nc1ccccc1F. The number of carbonyl (C=O) groups excluding carboxylic acids is 2. The third kappa shape index (κ3) is 4.63. The maximum absolute atomic E-state index is 13.5. The maximum Gasteiger partial charge on any atom is 0.340 e. The molecule has 0 unspecified atom stereocenters. The second-order valence-electron chi connectivity index (χ2n) is 5.28. The summed E-state index contributed by atoms with van der Waals surface area (Å²) in [6.45, 7) is 1.30. The van der Waals surface area contributed by atoms with Crippen molar-refractivity contribution in [3.63, 3.8) is 0 Å². The molecule has 6 nitrogen and oxygen atoms in total. The van der Waals surface area contributed by atoms with Crippen molar-refractivity contribution in [2.45, 2.75) is 17.9 Å². The molecule has 2 aromatic rings. The summed E-state index contributed by atoms with van der Waals surface area (Å²) in [6.07, 6.45) is -0.285. The van der Waals surface area contributed by atoms with Gasteiger partial charge in [0.05, 0.1) is 16.1 Å². The lowest BCUT2D eigenvalue weighted by Crippen LogP contribution is -2.30. The molecule has 0 fully saturated rings. The first-order chi connectivity index (χ1) is 11.7. The summed E-state index contributed by atoms with van der Waals surface area (Å²) in [7, 11) is -3.64. The normalized spacial score (nSPS) is 12.3. The molecule has 0 heterocycles. The van der Waals surface area contributed by atoms with E-state index < -0.39 is 33.6 Å². The number of halogens is 1. The number of anilines is 1. The van der Waals surface area contributed by atoms with E-state index in [0.29, 0.717) is 0 Å². The summed E-state index contributed by atoms with van der Waals surface area (Å²) in [5.74, 6) is -2.33. The average Bonchev–Trinajstić information content (AvgIpc) is 2.56. The number of hydrogen-bond acceptors (Lipinski definition) is 5. The number of sulfone groups is 1. The minimum absolute atomic E-state index is 0.0491. The molecule has 8 heteroatoms. The zero-order chi connectivity index (χ0) is 18.6. The van der Waals surface area contributed by atoms with Crippen molar-refractivity contribution in [2.75, 3.05) is 11.6 Å². The van der Waals surface area contributed by atoms with Crippen LogP contribution >= 0.6 is 0 Å². The van der Waals surface area contributed by atoms with E-state index in [1.807, 2.05) is 0 Å². The number of nitrogens with one attached hydrogen (secondary N) is 1. The summed E-state index contributed by atoms with van der Waals surface area (Å²) in [6, 6.07) is 11.1. The first-order valence-corrected chi connectivity index (χ1v) is 9.14. The number of para-hydroxylation sites is 1. The van der Waals surface area contributed by atoms with E-state index in [4.69, 9.17) is 4.74 Å². The van der Waals surface area contributed by atoms with Crippen molar-refractivity contribution in [1.82, 2.24) is 0 Å². The minimum Gasteiger partial charge on any atom is -0.449 e. The average molecular weight is 365 g/mol. The van der Waals surface area contributed by atoms with Gasteiger partial charge in [-0.3, -0.25) is 4.79 Å². The molecule has 0 aliphatic heterocycles. The molecule has 0 bridgehead atoms. The van der Waals surface area contributed by atoms with Crippen molar-refractivity contribution in [1.29, 1.82) is 0 Å². The van der Waals surface area contributed by atoms with Gasteiger partial charge in [0.25, 0.3) is 5.91 Å². The van der Waals surface area contributed by atoms with Crippen LogP contribution in [-0.2, 0) is 19.4 Å². The Hall–Kier alpha value is -2.74. The molecule has 1 amide bonds. The van der Waals surface area contributed by atoms with E-state index in [0.717, 1.165) is 6.26 Å². The van der Waals surface area contributed by atoms with Crippen LogP contribution in [0.5, 0.6) is 0 Å². The van der Waals surface area contributed by atoms with Crippen LogP contribution < -0.4 is 5.32 Å². The van der Waals surface area contributed by atoms with Crippen molar-refractivity contribution in [3.8, 4) is 0 Å². The van der Waals surface area contributed by atoms with Gasteiger partial charge in [0.15, 0.2) is 15.9 Å². The second kappa shape index (κ2) is 7.43. The third-order valence-corrected chi connectivity index (χ3v) is 4.45. The number of amides is 1. The predicted octanol–water partition coefficient (Wildman–Crippen LogP) is 2.41. The highest BCUT2D eigenvalue weighted by atomic mass is 32.2. The van der Waals surface area contributed by atoms with Crippen molar-refractivity contribution in [3.05, 3.63) is 59.9 Å². The first kappa shape index (κ1) is 18.6. The quantitative estimate of drug-likeness (QED) is 0.822. The van der Waals surface area contributed by atoms with Crippen molar-refractivity contribution in [2.24, 2.45) is 0 Å². The molecule has 2 aromatic carbocycles. The van der Waals surface area contributed by atoms with E-state index in [9.17, 15) is 22.4 Å². The van der Waals surface area contributed by atoms with Crippen LogP contribution in [0.1, 0.15) is 17.3 Å². The zero-order valence-corrected chi connectivity index (χ0v) is 14.3. The molecule has 0 aliphatic carbocycles. The smallest absolute Gasteiger partial charge is 0.340 e. The van der Waals surface area contributed by atoms with E-state index in [2.05, 4.69) is 5.32 Å². The Morgan fingerprint density at radius 1 is 1.08 bits per heavy atom. The first-order valence-electron chi connectivity index (χ1n) is 7.25. The number of hydrogen-bond donors (Lipinski definition) is 1. The van der Waals surface area contributed by atoms with E-state index in [-0.39, 0.29) is 16.1 Å². The molecule has 0 saturated carbocycles. The Bertz CT molecular complexity index is 911. The Labute approximate surface area is 144 Å². The van der Waals surface area contributed by atoms with Crippen LogP contribution in [-0.4, -0.2) is 32.7 Å². The van der Waals surface area contributed by atoms with Crippen LogP contribution in [0.4, 0.5) is 10.1 Å². The Morgan fingerprint density at radius 2 is 1.68 bits per heavy atom. The topological polar surface area (TPSA) is 89.5 Å². The number of carbonyl (C=O) groups is 2. The summed E-state index contributed by atoms with van der Waals surface area (Å²) in [4.78, 5) is 24.1. The molecule has 1 atom stereocenters. The zero-order valence-electron chi connectivity index (χ0n) is 13.5. The lowest BCUT2D eigenvalue weighted by molar-refractivity contribution is -0.123. The molecule has 0 radical (unpaired) electrons. The van der Waals surface area contributed by atoms with E-state index in [1.54, 1.807) is 0 Å². The van der Waals surface area contributed by atoms with Crippen LogP contribution in [0.3, 0.4) is 0 Å². The van der Waals surface area contributed by atoms with Gasteiger partial charge in [0.1, 0.15) is 5.82 Å². The molecule has 0 aliphatic rings. The Kier molecular flexibility index (Phi) is 5.53. The van der Waals surface area contributed by atoms with Crippen LogP contribution in [0.2, 0.25) is 0 Å².